The van der Waals surface area contributed by atoms with Crippen molar-refractivity contribution in [3.63, 3.8) is 0 Å². The van der Waals surface area contributed by atoms with E-state index in [4.69, 9.17) is 4.42 Å². The van der Waals surface area contributed by atoms with E-state index in [9.17, 15) is 9.59 Å². The van der Waals surface area contributed by atoms with Crippen molar-refractivity contribution in [2.45, 2.75) is 45.1 Å². The molecule has 0 spiro atoms. The van der Waals surface area contributed by atoms with Crippen molar-refractivity contribution in [2.24, 2.45) is 5.92 Å². The largest absolute Gasteiger partial charge is 0.472 e. The van der Waals surface area contributed by atoms with E-state index in [0.29, 0.717) is 24.6 Å². The second kappa shape index (κ2) is 7.12. The molecule has 20 heavy (non-hydrogen) atoms. The van der Waals surface area contributed by atoms with Crippen molar-refractivity contribution in [1.82, 2.24) is 10.6 Å². The molecule has 0 atom stereocenters. The minimum absolute atomic E-state index is 0.0112. The lowest BCUT2D eigenvalue weighted by Crippen LogP contribution is -2.39. The molecule has 0 radical (unpaired) electrons. The molecule has 0 aromatic carbocycles. The predicted octanol–water partition coefficient (Wildman–Crippen LogP) is 2.09. The fourth-order valence-corrected chi connectivity index (χ4v) is 2.49. The Hall–Kier alpha value is -1.78. The highest BCUT2D eigenvalue weighted by atomic mass is 16.3. The third kappa shape index (κ3) is 4.40. The molecule has 2 amide bonds. The Labute approximate surface area is 119 Å². The third-order valence-electron chi connectivity index (χ3n) is 3.80. The summed E-state index contributed by atoms with van der Waals surface area (Å²) in [6, 6.07) is 1.90. The summed E-state index contributed by atoms with van der Waals surface area (Å²) in [6.45, 7) is 2.60. The molecule has 0 saturated heterocycles. The lowest BCUT2D eigenvalue weighted by Gasteiger charge is -2.26. The highest BCUT2D eigenvalue weighted by Gasteiger charge is 2.19. The zero-order valence-corrected chi connectivity index (χ0v) is 11.9. The Morgan fingerprint density at radius 3 is 2.70 bits per heavy atom. The molecule has 0 bridgehead atoms. The van der Waals surface area contributed by atoms with E-state index in [0.717, 1.165) is 18.8 Å². The second-order valence-electron chi connectivity index (χ2n) is 5.54. The van der Waals surface area contributed by atoms with Crippen LogP contribution in [-0.2, 0) is 4.79 Å². The Morgan fingerprint density at radius 2 is 2.05 bits per heavy atom. The molecule has 110 valence electrons. The van der Waals surface area contributed by atoms with Crippen molar-refractivity contribution in [3.8, 4) is 0 Å². The smallest absolute Gasteiger partial charge is 0.254 e. The van der Waals surface area contributed by atoms with Gasteiger partial charge >= 0.3 is 0 Å². The maximum atomic E-state index is 11.8. The second-order valence-corrected chi connectivity index (χ2v) is 5.54. The van der Waals surface area contributed by atoms with Gasteiger partial charge in [-0.2, -0.15) is 0 Å². The van der Waals surface area contributed by atoms with Crippen molar-refractivity contribution in [2.75, 3.05) is 6.54 Å². The Kier molecular flexibility index (Phi) is 5.21. The van der Waals surface area contributed by atoms with Gasteiger partial charge in [-0.1, -0.05) is 6.92 Å². The van der Waals surface area contributed by atoms with Crippen LogP contribution < -0.4 is 10.6 Å². The summed E-state index contributed by atoms with van der Waals surface area (Å²) in [5.41, 5.74) is 0.478. The summed E-state index contributed by atoms with van der Waals surface area (Å²) in [4.78, 5) is 23.4. The van der Waals surface area contributed by atoms with Crippen molar-refractivity contribution in [1.29, 1.82) is 0 Å². The van der Waals surface area contributed by atoms with Gasteiger partial charge in [0.25, 0.3) is 5.91 Å². The highest BCUT2D eigenvalue weighted by molar-refractivity contribution is 5.94. The van der Waals surface area contributed by atoms with Gasteiger partial charge < -0.3 is 15.1 Å². The lowest BCUT2D eigenvalue weighted by atomic mass is 9.87. The van der Waals surface area contributed by atoms with Gasteiger partial charge in [0.05, 0.1) is 11.8 Å². The molecule has 1 heterocycles. The first-order valence-electron chi connectivity index (χ1n) is 7.25. The first-order chi connectivity index (χ1) is 9.65. The van der Waals surface area contributed by atoms with Crippen LogP contribution in [0.25, 0.3) is 0 Å². The maximum Gasteiger partial charge on any atom is 0.254 e. The first-order valence-corrected chi connectivity index (χ1v) is 7.25. The van der Waals surface area contributed by atoms with Gasteiger partial charge in [-0.25, -0.2) is 0 Å². The van der Waals surface area contributed by atoms with Crippen LogP contribution >= 0.6 is 0 Å². The van der Waals surface area contributed by atoms with Crippen LogP contribution in [0.5, 0.6) is 0 Å². The molecular formula is C15H22N2O3. The van der Waals surface area contributed by atoms with Crippen LogP contribution in [0, 0.1) is 5.92 Å². The average Bonchev–Trinajstić information content (AvgIpc) is 2.95. The molecule has 1 fully saturated rings. The number of amides is 2. The van der Waals surface area contributed by atoms with Gasteiger partial charge in [0.15, 0.2) is 0 Å². The quantitative estimate of drug-likeness (QED) is 0.866. The van der Waals surface area contributed by atoms with E-state index < -0.39 is 0 Å². The van der Waals surface area contributed by atoms with E-state index >= 15 is 0 Å². The minimum atomic E-state index is -0.210. The zero-order valence-electron chi connectivity index (χ0n) is 11.9. The molecular weight excluding hydrogens is 256 g/mol. The van der Waals surface area contributed by atoms with E-state index in [2.05, 4.69) is 17.6 Å². The Bertz CT molecular complexity index is 434. The van der Waals surface area contributed by atoms with E-state index in [1.165, 1.54) is 25.4 Å². The van der Waals surface area contributed by atoms with Crippen LogP contribution in [0.1, 0.15) is 49.4 Å². The Balaban J connectivity index is 1.62. The van der Waals surface area contributed by atoms with Gasteiger partial charge in [-0.3, -0.25) is 9.59 Å². The molecule has 2 rings (SSSR count). The molecule has 1 aliphatic carbocycles. The van der Waals surface area contributed by atoms with Gasteiger partial charge in [-0.05, 0) is 37.7 Å². The minimum Gasteiger partial charge on any atom is -0.472 e. The predicted molar refractivity (Wildman–Crippen MR) is 75.2 cm³/mol. The molecule has 5 nitrogen and oxygen atoms in total. The maximum absolute atomic E-state index is 11.8. The molecule has 1 aromatic rings. The number of hydrogen-bond acceptors (Lipinski definition) is 3. The van der Waals surface area contributed by atoms with Gasteiger partial charge in [-0.15, -0.1) is 0 Å². The van der Waals surface area contributed by atoms with Crippen LogP contribution in [0.4, 0.5) is 0 Å². The van der Waals surface area contributed by atoms with Gasteiger partial charge in [0.1, 0.15) is 6.26 Å². The van der Waals surface area contributed by atoms with Crippen LogP contribution in [0.2, 0.25) is 0 Å². The monoisotopic (exact) mass is 278 g/mol. The fraction of sp³-hybridized carbons (Fsp3) is 0.600. The third-order valence-corrected chi connectivity index (χ3v) is 3.80. The zero-order chi connectivity index (χ0) is 14.4. The summed E-state index contributed by atoms with van der Waals surface area (Å²) in [5, 5.41) is 5.74. The average molecular weight is 278 g/mol. The molecule has 5 heteroatoms. The number of carbonyl (C=O) groups is 2. The molecule has 0 aliphatic heterocycles. The fourth-order valence-electron chi connectivity index (χ4n) is 2.49. The summed E-state index contributed by atoms with van der Waals surface area (Å²) >= 11 is 0. The van der Waals surface area contributed by atoms with E-state index in [-0.39, 0.29) is 11.8 Å². The molecule has 1 aromatic heterocycles. The lowest BCUT2D eigenvalue weighted by molar-refractivity contribution is -0.121. The summed E-state index contributed by atoms with van der Waals surface area (Å²) < 4.78 is 4.83. The van der Waals surface area contributed by atoms with E-state index in [1.807, 2.05) is 0 Å². The van der Waals surface area contributed by atoms with Crippen LogP contribution in [-0.4, -0.2) is 24.4 Å². The molecule has 0 unspecified atom stereocenters. The summed E-state index contributed by atoms with van der Waals surface area (Å²) in [6.07, 6.45) is 7.65. The van der Waals surface area contributed by atoms with Crippen molar-refractivity contribution in [3.05, 3.63) is 24.2 Å². The number of hydrogen-bond donors (Lipinski definition) is 2. The number of nitrogens with one attached hydrogen (secondary N) is 2. The van der Waals surface area contributed by atoms with E-state index in [1.54, 1.807) is 6.07 Å². The molecule has 1 aliphatic rings. The van der Waals surface area contributed by atoms with Crippen molar-refractivity contribution < 1.29 is 14.0 Å². The summed E-state index contributed by atoms with van der Waals surface area (Å²) in [7, 11) is 0. The normalized spacial score (nSPS) is 22.2. The standard InChI is InChI=1S/C15H22N2O3/c1-11-2-4-13(5-3-11)17-14(18)6-8-16-15(19)12-7-9-20-10-12/h7,9-11,13H,2-6,8H2,1H3,(H,16,19)(H,17,18). The summed E-state index contributed by atoms with van der Waals surface area (Å²) in [5.74, 6) is 0.576. The van der Waals surface area contributed by atoms with Crippen molar-refractivity contribution >= 4 is 11.8 Å². The van der Waals surface area contributed by atoms with Gasteiger partial charge in [0, 0.05) is 19.0 Å². The number of furan rings is 1. The van der Waals surface area contributed by atoms with Crippen LogP contribution in [0.15, 0.2) is 23.0 Å². The highest BCUT2D eigenvalue weighted by Crippen LogP contribution is 2.23. The Morgan fingerprint density at radius 1 is 1.30 bits per heavy atom. The molecule has 2 N–H and O–H groups in total. The number of carbonyl (C=O) groups excluding carboxylic acids is 2. The SMILES string of the molecule is CC1CCC(NC(=O)CCNC(=O)c2ccoc2)CC1. The topological polar surface area (TPSA) is 71.3 Å². The van der Waals surface area contributed by atoms with Gasteiger partial charge in [0.2, 0.25) is 5.91 Å². The van der Waals surface area contributed by atoms with Crippen LogP contribution in [0.3, 0.4) is 0 Å². The molecule has 1 saturated carbocycles. The number of rotatable bonds is 5. The first kappa shape index (κ1) is 14.6.